The van der Waals surface area contributed by atoms with E-state index in [1.165, 1.54) is 50.5 Å². The van der Waals surface area contributed by atoms with Crippen LogP contribution in [0.4, 0.5) is 4.79 Å². The number of rotatable bonds is 17. The highest BCUT2D eigenvalue weighted by atomic mass is 16.5. The third-order valence-electron chi connectivity index (χ3n) is 5.22. The third-order valence-corrected chi connectivity index (χ3v) is 5.22. The third kappa shape index (κ3) is 12.4. The van der Waals surface area contributed by atoms with Crippen LogP contribution in [0, 0.1) is 0 Å². The Morgan fingerprint density at radius 3 is 2.25 bits per heavy atom. The van der Waals surface area contributed by atoms with Crippen molar-refractivity contribution < 1.29 is 19.0 Å². The van der Waals surface area contributed by atoms with Crippen molar-refractivity contribution in [1.29, 1.82) is 0 Å². The predicted molar refractivity (Wildman–Crippen MR) is 129 cm³/mol. The quantitative estimate of drug-likeness (QED) is 0.293. The molecule has 0 radical (unpaired) electrons. The van der Waals surface area contributed by atoms with Crippen LogP contribution in [0.15, 0.2) is 54.6 Å². The molecule has 0 unspecified atom stereocenters. The fourth-order valence-electron chi connectivity index (χ4n) is 3.36. The number of hydrogen-bond acceptors (Lipinski definition) is 4. The largest absolute Gasteiger partial charge is 0.491 e. The van der Waals surface area contributed by atoms with E-state index in [2.05, 4.69) is 24.4 Å². The average Bonchev–Trinajstić information content (AvgIpc) is 2.83. The van der Waals surface area contributed by atoms with Crippen molar-refractivity contribution in [3.8, 4) is 5.75 Å². The van der Waals surface area contributed by atoms with Crippen molar-refractivity contribution in [3.05, 3.63) is 65.7 Å². The smallest absolute Gasteiger partial charge is 0.407 e. The Morgan fingerprint density at radius 1 is 0.781 bits per heavy atom. The Balaban J connectivity index is 1.43. The van der Waals surface area contributed by atoms with E-state index in [1.807, 2.05) is 42.5 Å². The summed E-state index contributed by atoms with van der Waals surface area (Å²) in [5.41, 5.74) is 2.33. The Hall–Kier alpha value is -2.53. The lowest BCUT2D eigenvalue weighted by atomic mass is 10.0. The SMILES string of the molecule is CCCCCCCCCc1ccc(OCCOCCNC(=O)OCc2ccccc2)cc1. The fraction of sp³-hybridized carbons (Fsp3) is 0.519. The number of unbranched alkanes of at least 4 members (excludes halogenated alkanes) is 6. The first-order valence-corrected chi connectivity index (χ1v) is 12.0. The van der Waals surface area contributed by atoms with Gasteiger partial charge in [0.2, 0.25) is 0 Å². The van der Waals surface area contributed by atoms with Gasteiger partial charge in [-0.05, 0) is 36.1 Å². The van der Waals surface area contributed by atoms with Crippen molar-refractivity contribution in [2.24, 2.45) is 0 Å². The molecule has 0 aliphatic heterocycles. The van der Waals surface area contributed by atoms with E-state index in [1.54, 1.807) is 0 Å². The number of nitrogens with one attached hydrogen (secondary N) is 1. The molecule has 0 bridgehead atoms. The molecule has 2 aromatic rings. The summed E-state index contributed by atoms with van der Waals surface area (Å²) < 4.78 is 16.4. The number of hydrogen-bond donors (Lipinski definition) is 1. The Morgan fingerprint density at radius 2 is 1.50 bits per heavy atom. The highest BCUT2D eigenvalue weighted by Crippen LogP contribution is 2.15. The summed E-state index contributed by atoms with van der Waals surface area (Å²) in [4.78, 5) is 11.6. The van der Waals surface area contributed by atoms with Crippen molar-refractivity contribution in [1.82, 2.24) is 5.32 Å². The van der Waals surface area contributed by atoms with Crippen LogP contribution in [0.5, 0.6) is 5.75 Å². The first-order valence-electron chi connectivity index (χ1n) is 12.0. The van der Waals surface area contributed by atoms with E-state index < -0.39 is 6.09 Å². The summed E-state index contributed by atoms with van der Waals surface area (Å²) in [6.45, 7) is 4.30. The monoisotopic (exact) mass is 441 g/mol. The van der Waals surface area contributed by atoms with E-state index in [-0.39, 0.29) is 6.61 Å². The number of amides is 1. The zero-order chi connectivity index (χ0) is 22.7. The molecule has 0 saturated carbocycles. The van der Waals surface area contributed by atoms with Crippen LogP contribution in [0.1, 0.15) is 63.0 Å². The van der Waals surface area contributed by atoms with Gasteiger partial charge < -0.3 is 19.5 Å². The van der Waals surface area contributed by atoms with Crippen LogP contribution >= 0.6 is 0 Å². The van der Waals surface area contributed by atoms with Crippen LogP contribution in [0.2, 0.25) is 0 Å². The van der Waals surface area contributed by atoms with Gasteiger partial charge >= 0.3 is 6.09 Å². The summed E-state index contributed by atoms with van der Waals surface area (Å²) in [6.07, 6.45) is 10.1. The van der Waals surface area contributed by atoms with Crippen LogP contribution in [0.3, 0.4) is 0 Å². The average molecular weight is 442 g/mol. The summed E-state index contributed by atoms with van der Waals surface area (Å²) in [5, 5.41) is 2.67. The molecule has 0 aliphatic carbocycles. The zero-order valence-electron chi connectivity index (χ0n) is 19.5. The van der Waals surface area contributed by atoms with Gasteiger partial charge in [0.05, 0.1) is 13.2 Å². The second kappa shape index (κ2) is 17.1. The molecular formula is C27H39NO4. The molecule has 1 amide bonds. The molecular weight excluding hydrogens is 402 g/mol. The minimum Gasteiger partial charge on any atom is -0.491 e. The molecule has 0 atom stereocenters. The van der Waals surface area contributed by atoms with Gasteiger partial charge in [0.1, 0.15) is 19.0 Å². The van der Waals surface area contributed by atoms with Crippen LogP contribution in [0.25, 0.3) is 0 Å². The minimum atomic E-state index is -0.440. The minimum absolute atomic E-state index is 0.263. The number of carbonyl (C=O) groups is 1. The first kappa shape index (κ1) is 25.7. The number of aryl methyl sites for hydroxylation is 1. The number of alkyl carbamates (subject to hydrolysis) is 1. The van der Waals surface area contributed by atoms with Crippen molar-refractivity contribution in [2.75, 3.05) is 26.4 Å². The van der Waals surface area contributed by atoms with E-state index in [4.69, 9.17) is 14.2 Å². The van der Waals surface area contributed by atoms with Gasteiger partial charge in [-0.25, -0.2) is 4.79 Å². The number of carbonyl (C=O) groups excluding carboxylic acids is 1. The molecule has 2 rings (SSSR count). The first-order chi connectivity index (χ1) is 15.8. The maximum absolute atomic E-state index is 11.6. The molecule has 176 valence electrons. The van der Waals surface area contributed by atoms with Crippen LogP contribution in [-0.4, -0.2) is 32.5 Å². The van der Waals surface area contributed by atoms with E-state index >= 15 is 0 Å². The maximum Gasteiger partial charge on any atom is 0.407 e. The summed E-state index contributed by atoms with van der Waals surface area (Å²) in [7, 11) is 0. The maximum atomic E-state index is 11.6. The topological polar surface area (TPSA) is 56.8 Å². The molecule has 5 nitrogen and oxygen atoms in total. The zero-order valence-corrected chi connectivity index (χ0v) is 19.5. The normalized spacial score (nSPS) is 10.7. The molecule has 32 heavy (non-hydrogen) atoms. The molecule has 0 spiro atoms. The molecule has 2 aromatic carbocycles. The van der Waals surface area contributed by atoms with Gasteiger partial charge in [0.25, 0.3) is 0 Å². The lowest BCUT2D eigenvalue weighted by Gasteiger charge is -2.09. The highest BCUT2D eigenvalue weighted by Gasteiger charge is 2.02. The molecule has 0 aliphatic rings. The summed E-state index contributed by atoms with van der Waals surface area (Å²) in [6, 6.07) is 18.0. The van der Waals surface area contributed by atoms with Gasteiger partial charge in [-0.1, -0.05) is 87.9 Å². The lowest BCUT2D eigenvalue weighted by Crippen LogP contribution is -2.28. The second-order valence-electron chi connectivity index (χ2n) is 7.96. The number of benzene rings is 2. The fourth-order valence-corrected chi connectivity index (χ4v) is 3.36. The Bertz CT molecular complexity index is 718. The van der Waals surface area contributed by atoms with Gasteiger partial charge in [0.15, 0.2) is 0 Å². The predicted octanol–water partition coefficient (Wildman–Crippen LogP) is 6.30. The van der Waals surface area contributed by atoms with Gasteiger partial charge in [-0.15, -0.1) is 0 Å². The lowest BCUT2D eigenvalue weighted by molar-refractivity contribution is 0.0966. The molecule has 0 heterocycles. The van der Waals surface area contributed by atoms with E-state index in [0.29, 0.717) is 26.4 Å². The van der Waals surface area contributed by atoms with Gasteiger partial charge in [-0.3, -0.25) is 0 Å². The van der Waals surface area contributed by atoms with Crippen molar-refractivity contribution >= 4 is 6.09 Å². The second-order valence-corrected chi connectivity index (χ2v) is 7.96. The summed E-state index contributed by atoms with van der Waals surface area (Å²) >= 11 is 0. The summed E-state index contributed by atoms with van der Waals surface area (Å²) in [5.74, 6) is 0.861. The van der Waals surface area contributed by atoms with Crippen molar-refractivity contribution in [3.63, 3.8) is 0 Å². The number of ether oxygens (including phenoxy) is 3. The molecule has 5 heteroatoms. The van der Waals surface area contributed by atoms with Gasteiger partial charge in [0, 0.05) is 6.54 Å². The Labute approximate surface area is 193 Å². The highest BCUT2D eigenvalue weighted by molar-refractivity contribution is 5.67. The van der Waals surface area contributed by atoms with Crippen molar-refractivity contribution in [2.45, 2.75) is 64.9 Å². The molecule has 0 saturated heterocycles. The van der Waals surface area contributed by atoms with E-state index in [0.717, 1.165) is 17.7 Å². The molecule has 0 aromatic heterocycles. The van der Waals surface area contributed by atoms with Crippen LogP contribution < -0.4 is 10.1 Å². The molecule has 0 fully saturated rings. The Kier molecular flexibility index (Phi) is 13.7. The standard InChI is InChI=1S/C27H39NO4/c1-2-3-4-5-6-7-9-12-24-15-17-26(18-16-24)31-22-21-30-20-19-28-27(29)32-23-25-13-10-8-11-14-25/h8,10-11,13-18H,2-7,9,12,19-23H2,1H3,(H,28,29). The van der Waals surface area contributed by atoms with Gasteiger partial charge in [-0.2, -0.15) is 0 Å². The molecule has 1 N–H and O–H groups in total. The van der Waals surface area contributed by atoms with Crippen LogP contribution in [-0.2, 0) is 22.5 Å². The van der Waals surface area contributed by atoms with E-state index in [9.17, 15) is 4.79 Å².